The third-order valence-corrected chi connectivity index (χ3v) is 3.75. The third kappa shape index (κ3) is 3.09. The van der Waals surface area contributed by atoms with E-state index in [0.29, 0.717) is 6.04 Å². The molecule has 0 bridgehead atoms. The van der Waals surface area contributed by atoms with Gasteiger partial charge in [-0.1, -0.05) is 19.4 Å². The highest BCUT2D eigenvalue weighted by atomic mass is 19.1. The van der Waals surface area contributed by atoms with E-state index in [1.54, 1.807) is 12.1 Å². The average molecular weight is 250 g/mol. The number of piperazine rings is 1. The highest BCUT2D eigenvalue weighted by Gasteiger charge is 2.22. The fourth-order valence-corrected chi connectivity index (χ4v) is 2.82. The molecule has 1 saturated heterocycles. The number of aryl methyl sites for hydroxylation is 1. The molecule has 1 N–H and O–H groups in total. The van der Waals surface area contributed by atoms with Crippen LogP contribution in [0.1, 0.15) is 36.9 Å². The molecule has 0 spiro atoms. The van der Waals surface area contributed by atoms with E-state index in [0.717, 1.165) is 44.6 Å². The topological polar surface area (TPSA) is 15.3 Å². The molecule has 1 aromatic rings. The fourth-order valence-electron chi connectivity index (χ4n) is 2.82. The van der Waals surface area contributed by atoms with E-state index in [2.05, 4.69) is 17.1 Å². The minimum absolute atomic E-state index is 0.133. The molecule has 3 heteroatoms. The Bertz CT molecular complexity index is 386. The van der Waals surface area contributed by atoms with Crippen molar-refractivity contribution in [3.63, 3.8) is 0 Å². The van der Waals surface area contributed by atoms with Gasteiger partial charge in [-0.15, -0.1) is 0 Å². The van der Waals surface area contributed by atoms with Crippen LogP contribution < -0.4 is 5.32 Å². The van der Waals surface area contributed by atoms with Crippen molar-refractivity contribution in [1.82, 2.24) is 10.2 Å². The molecule has 0 amide bonds. The molecule has 1 heterocycles. The number of hydrogen-bond donors (Lipinski definition) is 1. The van der Waals surface area contributed by atoms with Gasteiger partial charge in [0.1, 0.15) is 5.82 Å². The first kappa shape index (κ1) is 13.5. The minimum atomic E-state index is -0.133. The Morgan fingerprint density at radius 1 is 1.33 bits per heavy atom. The zero-order valence-corrected chi connectivity index (χ0v) is 11.4. The van der Waals surface area contributed by atoms with E-state index in [9.17, 15) is 4.39 Å². The molecular formula is C15H23FN2. The molecule has 2 nitrogen and oxygen atoms in total. The SMILES string of the molecule is CCC[C@@H](c1ccc(F)cc1C)N1CCNCC1. The fraction of sp³-hybridized carbons (Fsp3) is 0.600. The monoisotopic (exact) mass is 250 g/mol. The Kier molecular flexibility index (Phi) is 4.72. The number of rotatable bonds is 4. The Morgan fingerprint density at radius 3 is 2.67 bits per heavy atom. The second-order valence-corrected chi connectivity index (χ2v) is 5.09. The van der Waals surface area contributed by atoms with Crippen molar-refractivity contribution in [2.24, 2.45) is 0 Å². The molecule has 0 unspecified atom stereocenters. The molecule has 0 aromatic heterocycles. The van der Waals surface area contributed by atoms with Gasteiger partial charge in [-0.25, -0.2) is 4.39 Å². The predicted molar refractivity (Wildman–Crippen MR) is 73.2 cm³/mol. The molecule has 100 valence electrons. The van der Waals surface area contributed by atoms with Crippen LogP contribution in [0.2, 0.25) is 0 Å². The first-order chi connectivity index (χ1) is 8.72. The van der Waals surface area contributed by atoms with Crippen LogP contribution in [-0.4, -0.2) is 31.1 Å². The second kappa shape index (κ2) is 6.30. The van der Waals surface area contributed by atoms with E-state index >= 15 is 0 Å². The van der Waals surface area contributed by atoms with Gasteiger partial charge in [-0.3, -0.25) is 4.90 Å². The van der Waals surface area contributed by atoms with Crippen LogP contribution in [0.15, 0.2) is 18.2 Å². The standard InChI is InChI=1S/C15H23FN2/c1-3-4-15(18-9-7-17-8-10-18)14-6-5-13(16)11-12(14)2/h5-6,11,15,17H,3-4,7-10H2,1-2H3/t15-/m0/s1. The van der Waals surface area contributed by atoms with Gasteiger partial charge in [0.15, 0.2) is 0 Å². The van der Waals surface area contributed by atoms with Gasteiger partial charge in [-0.05, 0) is 36.6 Å². The Hall–Kier alpha value is -0.930. The Balaban J connectivity index is 2.22. The van der Waals surface area contributed by atoms with Gasteiger partial charge in [0.05, 0.1) is 0 Å². The van der Waals surface area contributed by atoms with Crippen molar-refractivity contribution in [1.29, 1.82) is 0 Å². The van der Waals surface area contributed by atoms with Gasteiger partial charge in [0, 0.05) is 32.2 Å². The van der Waals surface area contributed by atoms with Crippen molar-refractivity contribution in [3.05, 3.63) is 35.1 Å². The number of hydrogen-bond acceptors (Lipinski definition) is 2. The van der Waals surface area contributed by atoms with Crippen molar-refractivity contribution < 1.29 is 4.39 Å². The first-order valence-electron chi connectivity index (χ1n) is 6.93. The Labute approximate surface area is 109 Å². The zero-order valence-electron chi connectivity index (χ0n) is 11.4. The molecule has 1 atom stereocenters. The van der Waals surface area contributed by atoms with Gasteiger partial charge < -0.3 is 5.32 Å². The summed E-state index contributed by atoms with van der Waals surface area (Å²) < 4.78 is 13.2. The predicted octanol–water partition coefficient (Wildman–Crippen LogP) is 2.88. The Morgan fingerprint density at radius 2 is 2.06 bits per heavy atom. The second-order valence-electron chi connectivity index (χ2n) is 5.09. The first-order valence-corrected chi connectivity index (χ1v) is 6.93. The van der Waals surface area contributed by atoms with Crippen LogP contribution in [0.5, 0.6) is 0 Å². The molecular weight excluding hydrogens is 227 g/mol. The van der Waals surface area contributed by atoms with Crippen molar-refractivity contribution in [2.75, 3.05) is 26.2 Å². The van der Waals surface area contributed by atoms with Crippen LogP contribution in [-0.2, 0) is 0 Å². The van der Waals surface area contributed by atoms with Gasteiger partial charge in [0.25, 0.3) is 0 Å². The van der Waals surface area contributed by atoms with E-state index in [1.165, 1.54) is 5.56 Å². The molecule has 1 aromatic carbocycles. The number of halogens is 1. The van der Waals surface area contributed by atoms with E-state index in [4.69, 9.17) is 0 Å². The summed E-state index contributed by atoms with van der Waals surface area (Å²) in [5, 5.41) is 3.39. The van der Waals surface area contributed by atoms with E-state index in [1.807, 2.05) is 13.0 Å². The zero-order chi connectivity index (χ0) is 13.0. The summed E-state index contributed by atoms with van der Waals surface area (Å²) >= 11 is 0. The normalized spacial score (nSPS) is 18.8. The summed E-state index contributed by atoms with van der Waals surface area (Å²) in [5.74, 6) is -0.133. The lowest BCUT2D eigenvalue weighted by Crippen LogP contribution is -2.45. The highest BCUT2D eigenvalue weighted by Crippen LogP contribution is 2.28. The van der Waals surface area contributed by atoms with Crippen molar-refractivity contribution in [3.8, 4) is 0 Å². The van der Waals surface area contributed by atoms with Crippen LogP contribution in [0.25, 0.3) is 0 Å². The largest absolute Gasteiger partial charge is 0.314 e. The molecule has 0 aliphatic carbocycles. The minimum Gasteiger partial charge on any atom is -0.314 e. The summed E-state index contributed by atoms with van der Waals surface area (Å²) in [6.45, 7) is 8.52. The third-order valence-electron chi connectivity index (χ3n) is 3.75. The number of benzene rings is 1. The lowest BCUT2D eigenvalue weighted by atomic mass is 9.95. The summed E-state index contributed by atoms with van der Waals surface area (Å²) in [6.07, 6.45) is 2.30. The van der Waals surface area contributed by atoms with Crippen molar-refractivity contribution >= 4 is 0 Å². The highest BCUT2D eigenvalue weighted by molar-refractivity contribution is 5.29. The quantitative estimate of drug-likeness (QED) is 0.884. The van der Waals surface area contributed by atoms with Crippen LogP contribution >= 0.6 is 0 Å². The molecule has 0 saturated carbocycles. The van der Waals surface area contributed by atoms with Crippen LogP contribution in [0, 0.1) is 12.7 Å². The van der Waals surface area contributed by atoms with Crippen LogP contribution in [0.3, 0.4) is 0 Å². The molecule has 18 heavy (non-hydrogen) atoms. The average Bonchev–Trinajstić information content (AvgIpc) is 2.38. The van der Waals surface area contributed by atoms with E-state index < -0.39 is 0 Å². The molecule has 2 rings (SSSR count). The summed E-state index contributed by atoms with van der Waals surface area (Å²) in [4.78, 5) is 2.53. The molecule has 1 aliphatic rings. The van der Waals surface area contributed by atoms with Crippen LogP contribution in [0.4, 0.5) is 4.39 Å². The number of nitrogens with one attached hydrogen (secondary N) is 1. The molecule has 1 fully saturated rings. The lowest BCUT2D eigenvalue weighted by molar-refractivity contribution is 0.164. The molecule has 0 radical (unpaired) electrons. The molecule has 1 aliphatic heterocycles. The number of nitrogens with zero attached hydrogens (tertiary/aromatic N) is 1. The van der Waals surface area contributed by atoms with Crippen molar-refractivity contribution in [2.45, 2.75) is 32.7 Å². The smallest absolute Gasteiger partial charge is 0.123 e. The maximum Gasteiger partial charge on any atom is 0.123 e. The summed E-state index contributed by atoms with van der Waals surface area (Å²) in [7, 11) is 0. The maximum atomic E-state index is 13.2. The van der Waals surface area contributed by atoms with E-state index in [-0.39, 0.29) is 5.82 Å². The van der Waals surface area contributed by atoms with Gasteiger partial charge >= 0.3 is 0 Å². The maximum absolute atomic E-state index is 13.2. The van der Waals surface area contributed by atoms with Gasteiger partial charge in [-0.2, -0.15) is 0 Å². The summed E-state index contributed by atoms with van der Waals surface area (Å²) in [5.41, 5.74) is 2.37. The summed E-state index contributed by atoms with van der Waals surface area (Å²) in [6, 6.07) is 5.65. The lowest BCUT2D eigenvalue weighted by Gasteiger charge is -2.36. The van der Waals surface area contributed by atoms with Gasteiger partial charge in [0.2, 0.25) is 0 Å².